The first-order valence-electron chi connectivity index (χ1n) is 15.0. The fraction of sp³-hybridized carbons (Fsp3) is 0.382. The molecular weight excluding hydrogens is 558 g/mol. The van der Waals surface area contributed by atoms with E-state index in [9.17, 15) is 19.5 Å². The molecule has 4 amide bonds. The number of β-amino-alcohol motifs (C(OH)–C–C–N with tert-alkyl or cyclic N) is 1. The monoisotopic (exact) mass is 601 g/mol. The maximum atomic E-state index is 13.9. The molecule has 1 aliphatic heterocycles. The molecule has 3 aromatic rings. The highest BCUT2D eigenvalue weighted by atomic mass is 16.3. The van der Waals surface area contributed by atoms with Gasteiger partial charge in [0, 0.05) is 36.3 Å². The number of hydrogen-bond acceptors (Lipinski definition) is 6. The predicted molar refractivity (Wildman–Crippen MR) is 172 cm³/mol. The van der Waals surface area contributed by atoms with Crippen molar-refractivity contribution in [3.05, 3.63) is 83.9 Å². The van der Waals surface area contributed by atoms with Crippen LogP contribution in [0.1, 0.15) is 44.7 Å². The van der Waals surface area contributed by atoms with E-state index in [1.807, 2.05) is 86.6 Å². The van der Waals surface area contributed by atoms with Gasteiger partial charge in [-0.1, -0.05) is 60.7 Å². The Morgan fingerprint density at radius 2 is 1.73 bits per heavy atom. The molecule has 3 aromatic carbocycles. The van der Waals surface area contributed by atoms with Crippen molar-refractivity contribution in [2.45, 2.75) is 64.3 Å². The Balaban J connectivity index is 1.50. The summed E-state index contributed by atoms with van der Waals surface area (Å²) < 4.78 is 0. The van der Waals surface area contributed by atoms with Crippen LogP contribution in [-0.4, -0.2) is 65.4 Å². The van der Waals surface area contributed by atoms with Crippen LogP contribution in [-0.2, 0) is 22.6 Å². The molecule has 1 aliphatic rings. The highest BCUT2D eigenvalue weighted by molar-refractivity contribution is 6.00. The van der Waals surface area contributed by atoms with Gasteiger partial charge in [-0.2, -0.15) is 0 Å². The van der Waals surface area contributed by atoms with Crippen LogP contribution in [0.2, 0.25) is 0 Å². The number of carbonyl (C=O) groups is 3. The predicted octanol–water partition coefficient (Wildman–Crippen LogP) is 3.57. The summed E-state index contributed by atoms with van der Waals surface area (Å²) in [5, 5.41) is 30.2. The highest BCUT2D eigenvalue weighted by Crippen LogP contribution is 2.31. The van der Waals surface area contributed by atoms with Gasteiger partial charge < -0.3 is 36.4 Å². The molecule has 44 heavy (non-hydrogen) atoms. The largest absolute Gasteiger partial charge is 0.395 e. The summed E-state index contributed by atoms with van der Waals surface area (Å²) in [6.45, 7) is 6.19. The van der Waals surface area contributed by atoms with Crippen molar-refractivity contribution in [3.63, 3.8) is 0 Å². The van der Waals surface area contributed by atoms with Gasteiger partial charge in [-0.15, -0.1) is 0 Å². The Kier molecular flexibility index (Phi) is 11.1. The van der Waals surface area contributed by atoms with E-state index in [0.29, 0.717) is 31.6 Å². The number of benzene rings is 3. The summed E-state index contributed by atoms with van der Waals surface area (Å²) >= 11 is 0. The number of aliphatic hydroxyl groups is 2. The van der Waals surface area contributed by atoms with Gasteiger partial charge in [-0.25, -0.2) is 4.79 Å². The number of carbonyl (C=O) groups excluding carboxylic acids is 3. The summed E-state index contributed by atoms with van der Waals surface area (Å²) in [6, 6.07) is 22.1. The Labute approximate surface area is 258 Å². The first-order valence-corrected chi connectivity index (χ1v) is 15.0. The summed E-state index contributed by atoms with van der Waals surface area (Å²) in [7, 11) is 0. The second kappa shape index (κ2) is 15.0. The van der Waals surface area contributed by atoms with E-state index in [1.54, 1.807) is 11.8 Å². The summed E-state index contributed by atoms with van der Waals surface area (Å²) in [5.41, 5.74) is 4.62. The van der Waals surface area contributed by atoms with Crippen molar-refractivity contribution in [2.75, 3.05) is 29.9 Å². The van der Waals surface area contributed by atoms with Gasteiger partial charge in [0.15, 0.2) is 0 Å². The molecule has 4 rings (SSSR count). The van der Waals surface area contributed by atoms with Gasteiger partial charge >= 0.3 is 6.03 Å². The van der Waals surface area contributed by atoms with Gasteiger partial charge in [0.2, 0.25) is 11.8 Å². The molecule has 0 unspecified atom stereocenters. The molecule has 6 N–H and O–H groups in total. The molecule has 0 bridgehead atoms. The van der Waals surface area contributed by atoms with Crippen molar-refractivity contribution < 1.29 is 24.6 Å². The number of urea groups is 1. The first kappa shape index (κ1) is 32.7. The molecule has 0 spiro atoms. The van der Waals surface area contributed by atoms with E-state index < -0.39 is 23.7 Å². The van der Waals surface area contributed by atoms with Crippen molar-refractivity contribution in [3.8, 4) is 11.1 Å². The Morgan fingerprint density at radius 1 is 1.02 bits per heavy atom. The lowest BCUT2D eigenvalue weighted by molar-refractivity contribution is -0.128. The molecule has 0 fully saturated rings. The number of fused-ring (bicyclic) bond motifs is 1. The van der Waals surface area contributed by atoms with E-state index in [1.165, 1.54) is 0 Å². The molecule has 0 radical (unpaired) electrons. The fourth-order valence-electron chi connectivity index (χ4n) is 5.30. The lowest BCUT2D eigenvalue weighted by atomic mass is 9.99. The molecule has 10 nitrogen and oxygen atoms in total. The number of para-hydroxylation sites is 2. The molecule has 10 heteroatoms. The van der Waals surface area contributed by atoms with Crippen LogP contribution in [0, 0.1) is 0 Å². The number of aryl methyl sites for hydroxylation is 1. The molecule has 0 saturated heterocycles. The van der Waals surface area contributed by atoms with Gasteiger partial charge in [0.05, 0.1) is 24.9 Å². The molecular formula is C34H43N5O5. The molecule has 0 saturated carbocycles. The number of rotatable bonds is 12. The quantitative estimate of drug-likeness (QED) is 0.187. The van der Waals surface area contributed by atoms with E-state index in [-0.39, 0.29) is 31.4 Å². The SMILES string of the molecule is C[C@H](O)CNC(C)(C)CC(=O)N[C@@H]1CCc2ccccc2N(Cc2ccc(-c3ccccc3NC(=O)NCCO)cc2)C1=O. The minimum atomic E-state index is -0.670. The smallest absolute Gasteiger partial charge is 0.319 e. The third-order valence-electron chi connectivity index (χ3n) is 7.54. The lowest BCUT2D eigenvalue weighted by Crippen LogP contribution is -2.51. The molecule has 234 valence electrons. The molecule has 0 aliphatic carbocycles. The Bertz CT molecular complexity index is 1440. The van der Waals surface area contributed by atoms with Crippen LogP contribution in [0.25, 0.3) is 11.1 Å². The zero-order chi connectivity index (χ0) is 31.7. The van der Waals surface area contributed by atoms with Gasteiger partial charge in [-0.3, -0.25) is 9.59 Å². The molecule has 2 atom stereocenters. The maximum absolute atomic E-state index is 13.9. The normalized spacial score (nSPS) is 15.6. The first-order chi connectivity index (χ1) is 21.1. The van der Waals surface area contributed by atoms with Crippen LogP contribution in [0.15, 0.2) is 72.8 Å². The topological polar surface area (TPSA) is 143 Å². The second-order valence-corrected chi connectivity index (χ2v) is 11.8. The Hall–Kier alpha value is -4.25. The number of anilines is 2. The summed E-state index contributed by atoms with van der Waals surface area (Å²) in [5.74, 6) is -0.385. The van der Waals surface area contributed by atoms with Crippen LogP contribution >= 0.6 is 0 Å². The minimum Gasteiger partial charge on any atom is -0.395 e. The minimum absolute atomic E-state index is 0.145. The van der Waals surface area contributed by atoms with E-state index in [0.717, 1.165) is 27.9 Å². The number of nitrogens with zero attached hydrogens (tertiary/aromatic N) is 1. The molecule has 0 aromatic heterocycles. The van der Waals surface area contributed by atoms with E-state index in [2.05, 4.69) is 21.3 Å². The third-order valence-corrected chi connectivity index (χ3v) is 7.54. The van der Waals surface area contributed by atoms with E-state index in [4.69, 9.17) is 5.11 Å². The van der Waals surface area contributed by atoms with Crippen molar-refractivity contribution in [1.29, 1.82) is 0 Å². The summed E-state index contributed by atoms with van der Waals surface area (Å²) in [4.78, 5) is 40.9. The number of amides is 4. The average molecular weight is 602 g/mol. The second-order valence-electron chi connectivity index (χ2n) is 11.8. The average Bonchev–Trinajstić information content (AvgIpc) is 3.12. The number of nitrogens with one attached hydrogen (secondary N) is 4. The van der Waals surface area contributed by atoms with Crippen LogP contribution in [0.4, 0.5) is 16.2 Å². The highest BCUT2D eigenvalue weighted by Gasteiger charge is 2.32. The van der Waals surface area contributed by atoms with Crippen LogP contribution < -0.4 is 26.2 Å². The van der Waals surface area contributed by atoms with Crippen LogP contribution in [0.5, 0.6) is 0 Å². The van der Waals surface area contributed by atoms with Gasteiger partial charge in [-0.05, 0) is 62.4 Å². The number of aliphatic hydroxyl groups excluding tert-OH is 2. The maximum Gasteiger partial charge on any atom is 0.319 e. The van der Waals surface area contributed by atoms with Gasteiger partial charge in [0.25, 0.3) is 0 Å². The number of hydrogen-bond donors (Lipinski definition) is 6. The lowest BCUT2D eigenvalue weighted by Gasteiger charge is -2.29. The Morgan fingerprint density at radius 3 is 2.45 bits per heavy atom. The third kappa shape index (κ3) is 8.89. The van der Waals surface area contributed by atoms with Crippen LogP contribution in [0.3, 0.4) is 0 Å². The van der Waals surface area contributed by atoms with E-state index >= 15 is 0 Å². The summed E-state index contributed by atoms with van der Waals surface area (Å²) in [6.07, 6.45) is 0.782. The van der Waals surface area contributed by atoms with Gasteiger partial charge in [0.1, 0.15) is 6.04 Å². The zero-order valence-corrected chi connectivity index (χ0v) is 25.6. The fourth-order valence-corrected chi connectivity index (χ4v) is 5.30. The standard InChI is InChI=1S/C34H43N5O5/c1-23(41)21-36-34(2,3)20-31(42)37-29-17-16-26-8-4-7-11-30(26)39(32(29)43)22-24-12-14-25(15-13-24)27-9-5-6-10-28(27)38-33(44)35-18-19-40/h4-15,23,29,36,40-41H,16-22H2,1-3H3,(H,37,42)(H2,35,38,44)/t23-,29+/m0/s1. The van der Waals surface area contributed by atoms with Crippen molar-refractivity contribution in [1.82, 2.24) is 16.0 Å². The van der Waals surface area contributed by atoms with Crippen molar-refractivity contribution in [2.24, 2.45) is 0 Å². The zero-order valence-electron chi connectivity index (χ0n) is 25.6. The molecule has 1 heterocycles. The van der Waals surface area contributed by atoms with Crippen molar-refractivity contribution >= 4 is 29.2 Å².